The highest BCUT2D eigenvalue weighted by atomic mass is 32.2. The van der Waals surface area contributed by atoms with Crippen LogP contribution < -0.4 is 0 Å². The zero-order chi connectivity index (χ0) is 15.2. The van der Waals surface area contributed by atoms with Gasteiger partial charge in [-0.25, -0.2) is 8.42 Å². The van der Waals surface area contributed by atoms with Crippen LogP contribution in [-0.2, 0) is 14.8 Å². The van der Waals surface area contributed by atoms with Gasteiger partial charge in [-0.2, -0.15) is 4.31 Å². The van der Waals surface area contributed by atoms with Crippen LogP contribution in [0.1, 0.15) is 18.4 Å². The fraction of sp³-hybridized carbons (Fsp3) is 0.357. The third-order valence-corrected chi connectivity index (χ3v) is 5.47. The van der Waals surface area contributed by atoms with Gasteiger partial charge < -0.3 is 9.52 Å². The van der Waals surface area contributed by atoms with E-state index in [2.05, 4.69) is 0 Å². The van der Waals surface area contributed by atoms with Crippen molar-refractivity contribution in [3.63, 3.8) is 0 Å². The Balaban J connectivity index is 2.05. The normalized spacial score (nSPS) is 20.1. The van der Waals surface area contributed by atoms with Gasteiger partial charge in [-0.3, -0.25) is 4.79 Å². The highest BCUT2D eigenvalue weighted by Crippen LogP contribution is 2.30. The van der Waals surface area contributed by atoms with Gasteiger partial charge >= 0.3 is 5.97 Å². The summed E-state index contributed by atoms with van der Waals surface area (Å²) in [6.45, 7) is 2.11. The van der Waals surface area contributed by atoms with E-state index >= 15 is 0 Å². The van der Waals surface area contributed by atoms with Gasteiger partial charge in [0, 0.05) is 18.0 Å². The van der Waals surface area contributed by atoms with Crippen LogP contribution in [0, 0.1) is 6.92 Å². The van der Waals surface area contributed by atoms with Crippen molar-refractivity contribution in [1.29, 1.82) is 0 Å². The number of furan rings is 1. The Kier molecular flexibility index (Phi) is 3.26. The largest absolute Gasteiger partial charge is 0.480 e. The number of hydrogen-bond acceptors (Lipinski definition) is 4. The van der Waals surface area contributed by atoms with E-state index in [0.29, 0.717) is 23.8 Å². The average Bonchev–Trinajstić information content (AvgIpc) is 3.04. The lowest BCUT2D eigenvalue weighted by Crippen LogP contribution is -2.40. The number of carboxylic acid groups (broad SMARTS) is 1. The Morgan fingerprint density at radius 3 is 2.86 bits per heavy atom. The van der Waals surface area contributed by atoms with Crippen LogP contribution in [0.3, 0.4) is 0 Å². The van der Waals surface area contributed by atoms with E-state index in [-0.39, 0.29) is 11.6 Å². The molecule has 1 fully saturated rings. The minimum Gasteiger partial charge on any atom is -0.480 e. The van der Waals surface area contributed by atoms with Crippen molar-refractivity contribution in [2.45, 2.75) is 30.9 Å². The van der Waals surface area contributed by atoms with Crippen LogP contribution in [0.15, 0.2) is 33.8 Å². The molecule has 1 atom stereocenters. The third-order valence-electron chi connectivity index (χ3n) is 3.70. The van der Waals surface area contributed by atoms with Crippen molar-refractivity contribution < 1.29 is 22.7 Å². The van der Waals surface area contributed by atoms with E-state index < -0.39 is 22.0 Å². The summed E-state index contributed by atoms with van der Waals surface area (Å²) in [4.78, 5) is 11.2. The molecule has 2 heterocycles. The molecule has 1 aromatic heterocycles. The summed E-state index contributed by atoms with van der Waals surface area (Å²) in [5.74, 6) is -1.12. The quantitative estimate of drug-likeness (QED) is 0.936. The molecule has 1 aliphatic rings. The van der Waals surface area contributed by atoms with E-state index in [1.54, 1.807) is 6.07 Å². The highest BCUT2D eigenvalue weighted by molar-refractivity contribution is 7.89. The van der Waals surface area contributed by atoms with Crippen molar-refractivity contribution >= 4 is 27.0 Å². The summed E-state index contributed by atoms with van der Waals surface area (Å²) in [6.07, 6.45) is 0.865. The molecule has 0 saturated carbocycles. The molecule has 0 bridgehead atoms. The molecule has 3 rings (SSSR count). The Morgan fingerprint density at radius 1 is 1.38 bits per heavy atom. The van der Waals surface area contributed by atoms with Crippen LogP contribution in [0.4, 0.5) is 0 Å². The van der Waals surface area contributed by atoms with Crippen molar-refractivity contribution in [3.05, 3.63) is 29.8 Å². The highest BCUT2D eigenvalue weighted by Gasteiger charge is 2.41. The molecule has 1 saturated heterocycles. The lowest BCUT2D eigenvalue weighted by atomic mass is 10.2. The molecule has 0 spiro atoms. The first kappa shape index (κ1) is 14.1. The molecule has 1 aromatic carbocycles. The standard InChI is InChI=1S/C14H15NO5S/c1-9-4-5-12-10(7-9)8-13(20-12)21(18,19)15-6-2-3-11(15)14(16)17/h4-5,7-8,11H,2-3,6H2,1H3,(H,16,17)/t11-/m0/s1. The van der Waals surface area contributed by atoms with Crippen molar-refractivity contribution in [1.82, 2.24) is 4.31 Å². The van der Waals surface area contributed by atoms with E-state index in [9.17, 15) is 13.2 Å². The Morgan fingerprint density at radius 2 is 2.14 bits per heavy atom. The van der Waals surface area contributed by atoms with Gasteiger partial charge in [0.2, 0.25) is 5.09 Å². The minimum atomic E-state index is -3.92. The molecule has 0 radical (unpaired) electrons. The van der Waals surface area contributed by atoms with Crippen LogP contribution in [-0.4, -0.2) is 36.4 Å². The Labute approximate surface area is 122 Å². The van der Waals surface area contributed by atoms with Gasteiger partial charge in [-0.15, -0.1) is 0 Å². The summed E-state index contributed by atoms with van der Waals surface area (Å²) >= 11 is 0. The molecule has 7 heteroatoms. The predicted molar refractivity (Wildman–Crippen MR) is 75.5 cm³/mol. The van der Waals surface area contributed by atoms with Gasteiger partial charge in [0.15, 0.2) is 0 Å². The third kappa shape index (κ3) is 2.32. The van der Waals surface area contributed by atoms with Gasteiger partial charge in [0.25, 0.3) is 10.0 Å². The molecule has 112 valence electrons. The van der Waals surface area contributed by atoms with E-state index in [1.807, 2.05) is 19.1 Å². The molecule has 2 aromatic rings. The summed E-state index contributed by atoms with van der Waals surface area (Å²) in [5, 5.41) is 9.63. The van der Waals surface area contributed by atoms with Crippen LogP contribution in [0.2, 0.25) is 0 Å². The van der Waals surface area contributed by atoms with E-state index in [1.165, 1.54) is 6.07 Å². The fourth-order valence-corrected chi connectivity index (χ4v) is 4.26. The molecule has 21 heavy (non-hydrogen) atoms. The molecule has 0 amide bonds. The molecular formula is C14H15NO5S. The molecule has 1 aliphatic heterocycles. The van der Waals surface area contributed by atoms with Gasteiger partial charge in [0.05, 0.1) is 0 Å². The summed E-state index contributed by atoms with van der Waals surface area (Å²) < 4.78 is 31.6. The number of fused-ring (bicyclic) bond motifs is 1. The fourth-order valence-electron chi connectivity index (χ4n) is 2.66. The van der Waals surface area contributed by atoms with E-state index in [0.717, 1.165) is 9.87 Å². The number of aryl methyl sites for hydroxylation is 1. The number of aliphatic carboxylic acids is 1. The molecule has 0 unspecified atom stereocenters. The van der Waals surface area contributed by atoms with Crippen molar-refractivity contribution in [2.24, 2.45) is 0 Å². The molecule has 0 aliphatic carbocycles. The minimum absolute atomic E-state index is 0.198. The second-order valence-corrected chi connectivity index (χ2v) is 7.04. The van der Waals surface area contributed by atoms with Crippen molar-refractivity contribution in [3.8, 4) is 0 Å². The number of carbonyl (C=O) groups is 1. The van der Waals surface area contributed by atoms with Gasteiger partial charge in [-0.05, 0) is 31.9 Å². The lowest BCUT2D eigenvalue weighted by Gasteiger charge is -2.19. The molecule has 1 N–H and O–H groups in total. The number of sulfonamides is 1. The zero-order valence-corrected chi connectivity index (χ0v) is 12.3. The summed E-state index contributed by atoms with van der Waals surface area (Å²) in [7, 11) is -3.92. The first-order chi connectivity index (χ1) is 9.89. The smallest absolute Gasteiger partial charge is 0.322 e. The van der Waals surface area contributed by atoms with Crippen molar-refractivity contribution in [2.75, 3.05) is 6.54 Å². The average molecular weight is 309 g/mol. The number of hydrogen-bond donors (Lipinski definition) is 1. The number of carboxylic acids is 1. The van der Waals surface area contributed by atoms with E-state index in [4.69, 9.17) is 9.52 Å². The van der Waals surface area contributed by atoms with Gasteiger partial charge in [0.1, 0.15) is 11.6 Å². The second kappa shape index (κ2) is 4.85. The SMILES string of the molecule is Cc1ccc2oc(S(=O)(=O)N3CCC[C@H]3C(=O)O)cc2c1. The monoisotopic (exact) mass is 309 g/mol. The van der Waals surface area contributed by atoms with Crippen LogP contribution in [0.5, 0.6) is 0 Å². The first-order valence-electron chi connectivity index (χ1n) is 6.64. The van der Waals surface area contributed by atoms with Gasteiger partial charge in [-0.1, -0.05) is 11.6 Å². The summed E-state index contributed by atoms with van der Waals surface area (Å²) in [5.41, 5.74) is 1.47. The number of rotatable bonds is 3. The van der Waals surface area contributed by atoms with Crippen LogP contribution in [0.25, 0.3) is 11.0 Å². The van der Waals surface area contributed by atoms with Crippen LogP contribution >= 0.6 is 0 Å². The predicted octanol–water partition coefficient (Wildman–Crippen LogP) is 1.98. The zero-order valence-electron chi connectivity index (χ0n) is 11.4. The first-order valence-corrected chi connectivity index (χ1v) is 8.08. The number of nitrogens with zero attached hydrogens (tertiary/aromatic N) is 1. The maximum Gasteiger partial charge on any atom is 0.322 e. The lowest BCUT2D eigenvalue weighted by molar-refractivity contribution is -0.140. The Bertz CT molecular complexity index is 808. The maximum absolute atomic E-state index is 12.6. The summed E-state index contributed by atoms with van der Waals surface area (Å²) in [6, 6.07) is 5.82. The Hall–Kier alpha value is -1.86. The molecular weight excluding hydrogens is 294 g/mol. The second-order valence-electron chi connectivity index (χ2n) is 5.22. The maximum atomic E-state index is 12.6. The topological polar surface area (TPSA) is 87.8 Å². The number of benzene rings is 1. The molecule has 6 nitrogen and oxygen atoms in total.